The zero-order chi connectivity index (χ0) is 18.1. The molecule has 0 N–H and O–H groups in total. The molecule has 132 valence electrons. The lowest BCUT2D eigenvalue weighted by Gasteiger charge is -2.37. The number of carbonyl (C=O) groups is 1. The molecule has 3 aromatic rings. The molecule has 1 saturated heterocycles. The topological polar surface area (TPSA) is 88.3 Å². The predicted octanol–water partition coefficient (Wildman–Crippen LogP) is 1.83. The number of rotatable bonds is 4. The molecule has 3 heterocycles. The van der Waals surface area contributed by atoms with E-state index in [1.807, 2.05) is 43.3 Å². The molecule has 4 rings (SSSR count). The number of aromatic nitrogens is 4. The first kappa shape index (κ1) is 16.2. The van der Waals surface area contributed by atoms with Crippen molar-refractivity contribution < 1.29 is 9.32 Å². The fourth-order valence-electron chi connectivity index (χ4n) is 2.82. The Morgan fingerprint density at radius 1 is 1.27 bits per heavy atom. The molecule has 2 aromatic heterocycles. The van der Waals surface area contributed by atoms with E-state index in [-0.39, 0.29) is 11.8 Å². The van der Waals surface area contributed by atoms with E-state index < -0.39 is 0 Å². The fourth-order valence-corrected chi connectivity index (χ4v) is 2.82. The molecular formula is C18H18N6O2. The van der Waals surface area contributed by atoms with Gasteiger partial charge in [0.25, 0.3) is 5.91 Å². The minimum atomic E-state index is 0.0126. The Morgan fingerprint density at radius 3 is 2.85 bits per heavy atom. The van der Waals surface area contributed by atoms with Gasteiger partial charge in [0.15, 0.2) is 0 Å². The molecule has 1 aliphatic rings. The number of likely N-dealkylation sites (tertiary alicyclic amines) is 1. The third-order valence-electron chi connectivity index (χ3n) is 4.36. The minimum Gasteiger partial charge on any atom is -0.378 e. The minimum absolute atomic E-state index is 0.0126. The van der Waals surface area contributed by atoms with Crippen molar-refractivity contribution in [3.05, 3.63) is 54.3 Å². The van der Waals surface area contributed by atoms with E-state index in [1.165, 1.54) is 0 Å². The van der Waals surface area contributed by atoms with Crippen LogP contribution in [-0.2, 0) is 0 Å². The lowest BCUT2D eigenvalue weighted by molar-refractivity contribution is 0.0569. The van der Waals surface area contributed by atoms with Crippen LogP contribution in [0.5, 0.6) is 0 Å². The van der Waals surface area contributed by atoms with Gasteiger partial charge in [-0.1, -0.05) is 11.2 Å². The number of hydrogen-bond donors (Lipinski definition) is 0. The summed E-state index contributed by atoms with van der Waals surface area (Å²) in [6.45, 7) is 1.13. The second kappa shape index (κ2) is 6.55. The highest BCUT2D eigenvalue weighted by atomic mass is 16.5. The molecule has 0 saturated carbocycles. The zero-order valence-corrected chi connectivity index (χ0v) is 14.5. The van der Waals surface area contributed by atoms with Gasteiger partial charge in [-0.15, -0.1) is 0 Å². The molecule has 1 fully saturated rings. The van der Waals surface area contributed by atoms with Crippen LogP contribution in [0.25, 0.3) is 11.5 Å². The maximum absolute atomic E-state index is 12.6. The van der Waals surface area contributed by atoms with Crippen molar-refractivity contribution in [2.24, 2.45) is 0 Å². The van der Waals surface area contributed by atoms with Gasteiger partial charge in [-0.2, -0.15) is 4.98 Å². The molecule has 0 unspecified atom stereocenters. The molecule has 1 aromatic carbocycles. The molecule has 0 radical (unpaired) electrons. The summed E-state index contributed by atoms with van der Waals surface area (Å²) in [6, 6.07) is 7.60. The first-order valence-electron chi connectivity index (χ1n) is 8.28. The highest BCUT2D eigenvalue weighted by Crippen LogP contribution is 2.29. The van der Waals surface area contributed by atoms with Crippen molar-refractivity contribution in [1.29, 1.82) is 0 Å². The van der Waals surface area contributed by atoms with Crippen molar-refractivity contribution in [3.8, 4) is 11.5 Å². The van der Waals surface area contributed by atoms with E-state index in [0.29, 0.717) is 36.1 Å². The second-order valence-corrected chi connectivity index (χ2v) is 6.40. The average Bonchev–Trinajstić information content (AvgIpc) is 3.11. The van der Waals surface area contributed by atoms with E-state index in [4.69, 9.17) is 4.52 Å². The third kappa shape index (κ3) is 3.01. The average molecular weight is 350 g/mol. The van der Waals surface area contributed by atoms with E-state index >= 15 is 0 Å². The first-order valence-corrected chi connectivity index (χ1v) is 8.28. The van der Waals surface area contributed by atoms with Crippen molar-refractivity contribution in [2.45, 2.75) is 5.92 Å². The molecule has 0 atom stereocenters. The van der Waals surface area contributed by atoms with Gasteiger partial charge in [-0.25, -0.2) is 4.98 Å². The van der Waals surface area contributed by atoms with Crippen LogP contribution >= 0.6 is 0 Å². The molecule has 26 heavy (non-hydrogen) atoms. The van der Waals surface area contributed by atoms with Crippen molar-refractivity contribution in [2.75, 3.05) is 32.1 Å². The largest absolute Gasteiger partial charge is 0.378 e. The lowest BCUT2D eigenvalue weighted by atomic mass is 9.98. The van der Waals surface area contributed by atoms with Crippen LogP contribution in [-0.4, -0.2) is 58.1 Å². The molecule has 8 nitrogen and oxygen atoms in total. The first-order chi connectivity index (χ1) is 12.6. The summed E-state index contributed by atoms with van der Waals surface area (Å²) in [5.41, 5.74) is 2.24. The summed E-state index contributed by atoms with van der Waals surface area (Å²) in [6.07, 6.45) is 4.76. The Kier molecular flexibility index (Phi) is 4.08. The maximum Gasteiger partial charge on any atom is 0.253 e. The van der Waals surface area contributed by atoms with Crippen molar-refractivity contribution in [1.82, 2.24) is 25.0 Å². The number of amides is 1. The third-order valence-corrected chi connectivity index (χ3v) is 4.36. The molecule has 0 aliphatic carbocycles. The molecule has 1 aliphatic heterocycles. The highest BCUT2D eigenvalue weighted by molar-refractivity contribution is 5.95. The maximum atomic E-state index is 12.6. The van der Waals surface area contributed by atoms with Gasteiger partial charge >= 0.3 is 0 Å². The standard InChI is InChI=1S/C18H18N6O2/c1-23(2)14-5-3-4-12(8-14)18(25)24-10-13(11-24)17-21-16(22-26-17)15-9-19-6-7-20-15/h3-9,13H,10-11H2,1-2H3. The van der Waals surface area contributed by atoms with Crippen LogP contribution in [0.2, 0.25) is 0 Å². The van der Waals surface area contributed by atoms with Gasteiger partial charge in [-0.05, 0) is 18.2 Å². The van der Waals surface area contributed by atoms with E-state index in [0.717, 1.165) is 5.69 Å². The van der Waals surface area contributed by atoms with Gasteiger partial charge in [0.05, 0.1) is 12.1 Å². The van der Waals surface area contributed by atoms with E-state index in [1.54, 1.807) is 23.5 Å². The van der Waals surface area contributed by atoms with Crippen molar-refractivity contribution >= 4 is 11.6 Å². The molecule has 8 heteroatoms. The fraction of sp³-hybridized carbons (Fsp3) is 0.278. The zero-order valence-electron chi connectivity index (χ0n) is 14.5. The summed E-state index contributed by atoms with van der Waals surface area (Å²) < 4.78 is 5.33. The van der Waals surface area contributed by atoms with Crippen LogP contribution in [0.15, 0.2) is 47.4 Å². The lowest BCUT2D eigenvalue weighted by Crippen LogP contribution is -2.48. The number of carbonyl (C=O) groups excluding carboxylic acids is 1. The van der Waals surface area contributed by atoms with Gasteiger partial charge in [-0.3, -0.25) is 9.78 Å². The Morgan fingerprint density at radius 2 is 2.12 bits per heavy atom. The molecule has 1 amide bonds. The normalized spacial score (nSPS) is 14.2. The smallest absolute Gasteiger partial charge is 0.253 e. The number of anilines is 1. The van der Waals surface area contributed by atoms with Crippen LogP contribution in [0.3, 0.4) is 0 Å². The molecule has 0 bridgehead atoms. The summed E-state index contributed by atoms with van der Waals surface area (Å²) >= 11 is 0. The van der Waals surface area contributed by atoms with Gasteiger partial charge < -0.3 is 14.3 Å². The van der Waals surface area contributed by atoms with E-state index in [9.17, 15) is 4.79 Å². The Balaban J connectivity index is 1.42. The number of hydrogen-bond acceptors (Lipinski definition) is 7. The summed E-state index contributed by atoms with van der Waals surface area (Å²) in [4.78, 5) is 28.9. The predicted molar refractivity (Wildman–Crippen MR) is 94.7 cm³/mol. The number of benzene rings is 1. The van der Waals surface area contributed by atoms with E-state index in [2.05, 4.69) is 20.1 Å². The monoisotopic (exact) mass is 350 g/mol. The Labute approximate surface area is 150 Å². The summed E-state index contributed by atoms with van der Waals surface area (Å²) in [5, 5.41) is 3.95. The van der Waals surface area contributed by atoms with Gasteiger partial charge in [0.1, 0.15) is 5.69 Å². The van der Waals surface area contributed by atoms with Crippen LogP contribution in [0.1, 0.15) is 22.2 Å². The SMILES string of the molecule is CN(C)c1cccc(C(=O)N2CC(c3nc(-c4cnccn4)no3)C2)c1. The summed E-state index contributed by atoms with van der Waals surface area (Å²) in [7, 11) is 3.90. The van der Waals surface area contributed by atoms with Crippen LogP contribution in [0.4, 0.5) is 5.69 Å². The Bertz CT molecular complexity index is 918. The van der Waals surface area contributed by atoms with Crippen molar-refractivity contribution in [3.63, 3.8) is 0 Å². The highest BCUT2D eigenvalue weighted by Gasteiger charge is 2.36. The second-order valence-electron chi connectivity index (χ2n) is 6.40. The van der Waals surface area contributed by atoms with Gasteiger partial charge in [0.2, 0.25) is 11.7 Å². The molecular weight excluding hydrogens is 332 g/mol. The number of nitrogens with zero attached hydrogens (tertiary/aromatic N) is 6. The quantitative estimate of drug-likeness (QED) is 0.709. The Hall–Kier alpha value is -3.29. The van der Waals surface area contributed by atoms with Crippen LogP contribution < -0.4 is 4.90 Å². The van der Waals surface area contributed by atoms with Crippen LogP contribution in [0, 0.1) is 0 Å². The molecule has 0 spiro atoms. The summed E-state index contributed by atoms with van der Waals surface area (Å²) in [5.74, 6) is 1.00. The van der Waals surface area contributed by atoms with Gasteiger partial charge in [0, 0.05) is 50.8 Å².